The molecule has 4 heteroatoms. The van der Waals surface area contributed by atoms with Crippen molar-refractivity contribution < 1.29 is 0 Å². The van der Waals surface area contributed by atoms with E-state index in [4.69, 9.17) is 0 Å². The van der Waals surface area contributed by atoms with E-state index < -0.39 is 0 Å². The molecule has 0 radical (unpaired) electrons. The molecule has 0 aliphatic heterocycles. The molecule has 1 N–H and O–H groups in total. The maximum atomic E-state index is 4.57. The van der Waals surface area contributed by atoms with E-state index in [0.29, 0.717) is 6.04 Å². The Morgan fingerprint density at radius 2 is 2.21 bits per heavy atom. The van der Waals surface area contributed by atoms with Crippen LogP contribution in [0, 0.1) is 0 Å². The number of hydrogen-bond acceptors (Lipinski definition) is 3. The van der Waals surface area contributed by atoms with E-state index >= 15 is 0 Å². The Morgan fingerprint density at radius 3 is 2.84 bits per heavy atom. The topological polar surface area (TPSA) is 29.9 Å². The van der Waals surface area contributed by atoms with Crippen molar-refractivity contribution in [1.29, 1.82) is 0 Å². The van der Waals surface area contributed by atoms with Gasteiger partial charge in [-0.3, -0.25) is 4.68 Å². The van der Waals surface area contributed by atoms with Gasteiger partial charge in [0.05, 0.1) is 11.7 Å². The third kappa shape index (κ3) is 4.84. The molecule has 1 aliphatic rings. The molecule has 0 aromatic carbocycles. The molecule has 1 aromatic heterocycles. The average molecular weight is 281 g/mol. The fraction of sp³-hybridized carbons (Fsp3) is 0.800. The molecular weight excluding hydrogens is 254 g/mol. The SMILES string of the molecule is CCCNC(CSC1CCCCC1)c1ccn(C)n1. The first kappa shape index (κ1) is 14.9. The molecule has 1 aromatic rings. The van der Waals surface area contributed by atoms with Gasteiger partial charge in [0.15, 0.2) is 0 Å². The highest BCUT2D eigenvalue weighted by molar-refractivity contribution is 7.99. The van der Waals surface area contributed by atoms with Crippen LogP contribution in [0.1, 0.15) is 57.2 Å². The maximum absolute atomic E-state index is 4.57. The number of nitrogens with one attached hydrogen (secondary N) is 1. The molecule has 1 fully saturated rings. The van der Waals surface area contributed by atoms with Crippen LogP contribution >= 0.6 is 11.8 Å². The lowest BCUT2D eigenvalue weighted by atomic mass is 10.0. The summed E-state index contributed by atoms with van der Waals surface area (Å²) in [5, 5.41) is 9.09. The lowest BCUT2D eigenvalue weighted by molar-refractivity contribution is 0.512. The van der Waals surface area contributed by atoms with Crippen LogP contribution < -0.4 is 5.32 Å². The van der Waals surface area contributed by atoms with Crippen molar-refractivity contribution in [3.8, 4) is 0 Å². The van der Waals surface area contributed by atoms with Crippen molar-refractivity contribution in [3.05, 3.63) is 18.0 Å². The van der Waals surface area contributed by atoms with Crippen molar-refractivity contribution in [2.75, 3.05) is 12.3 Å². The van der Waals surface area contributed by atoms with Crippen LogP contribution in [0.25, 0.3) is 0 Å². The highest BCUT2D eigenvalue weighted by Crippen LogP contribution is 2.30. The van der Waals surface area contributed by atoms with Crippen molar-refractivity contribution in [2.45, 2.75) is 56.7 Å². The quantitative estimate of drug-likeness (QED) is 0.829. The number of nitrogens with zero attached hydrogens (tertiary/aromatic N) is 2. The van der Waals surface area contributed by atoms with E-state index in [1.807, 2.05) is 17.9 Å². The summed E-state index contributed by atoms with van der Waals surface area (Å²) in [5.41, 5.74) is 1.19. The van der Waals surface area contributed by atoms with Gasteiger partial charge < -0.3 is 5.32 Å². The van der Waals surface area contributed by atoms with Gasteiger partial charge in [-0.15, -0.1) is 0 Å². The third-order valence-corrected chi connectivity index (χ3v) is 5.25. The zero-order valence-corrected chi connectivity index (χ0v) is 13.1. The van der Waals surface area contributed by atoms with Crippen LogP contribution in [0.4, 0.5) is 0 Å². The number of hydrogen-bond donors (Lipinski definition) is 1. The van der Waals surface area contributed by atoms with Crippen molar-refractivity contribution in [1.82, 2.24) is 15.1 Å². The van der Waals surface area contributed by atoms with Gasteiger partial charge in [0, 0.05) is 24.2 Å². The second-order valence-corrected chi connectivity index (χ2v) is 6.85. The fourth-order valence-corrected chi connectivity index (χ4v) is 4.07. The molecule has 0 bridgehead atoms. The van der Waals surface area contributed by atoms with Gasteiger partial charge in [0.25, 0.3) is 0 Å². The first-order valence-electron chi connectivity index (χ1n) is 7.64. The van der Waals surface area contributed by atoms with Gasteiger partial charge in [-0.05, 0) is 31.9 Å². The predicted molar refractivity (Wildman–Crippen MR) is 83.6 cm³/mol. The molecule has 1 aliphatic carbocycles. The van der Waals surface area contributed by atoms with Gasteiger partial charge in [-0.2, -0.15) is 16.9 Å². The third-order valence-electron chi connectivity index (χ3n) is 3.78. The van der Waals surface area contributed by atoms with E-state index in [9.17, 15) is 0 Å². The van der Waals surface area contributed by atoms with Crippen LogP contribution in [0.3, 0.4) is 0 Å². The van der Waals surface area contributed by atoms with Crippen LogP contribution in [0.5, 0.6) is 0 Å². The Labute approximate surface area is 121 Å². The first-order valence-corrected chi connectivity index (χ1v) is 8.69. The molecule has 1 heterocycles. The Hall–Kier alpha value is -0.480. The van der Waals surface area contributed by atoms with Crippen LogP contribution in [0.15, 0.2) is 12.3 Å². The molecule has 2 rings (SSSR count). The molecular formula is C15H27N3S. The van der Waals surface area contributed by atoms with Gasteiger partial charge >= 0.3 is 0 Å². The number of aromatic nitrogens is 2. The molecule has 1 unspecified atom stereocenters. The summed E-state index contributed by atoms with van der Waals surface area (Å²) >= 11 is 2.15. The molecule has 0 saturated heterocycles. The summed E-state index contributed by atoms with van der Waals surface area (Å²) in [7, 11) is 1.99. The zero-order chi connectivity index (χ0) is 13.5. The summed E-state index contributed by atoms with van der Waals surface area (Å²) in [6.07, 6.45) is 10.3. The van der Waals surface area contributed by atoms with Gasteiger partial charge in [0.1, 0.15) is 0 Å². The van der Waals surface area contributed by atoms with Crippen molar-refractivity contribution in [3.63, 3.8) is 0 Å². The predicted octanol–water partition coefficient (Wildman–Crippen LogP) is 3.53. The first-order chi connectivity index (χ1) is 9.29. The Kier molecular flexibility index (Phi) is 6.24. The van der Waals surface area contributed by atoms with Crippen LogP contribution in [0.2, 0.25) is 0 Å². The molecule has 108 valence electrons. The summed E-state index contributed by atoms with van der Waals surface area (Å²) < 4.78 is 1.90. The summed E-state index contributed by atoms with van der Waals surface area (Å²) in [6.45, 7) is 3.29. The van der Waals surface area contributed by atoms with Gasteiger partial charge in [-0.1, -0.05) is 26.2 Å². The minimum atomic E-state index is 0.410. The second-order valence-electron chi connectivity index (χ2n) is 5.51. The van der Waals surface area contributed by atoms with E-state index in [1.54, 1.807) is 0 Å². The lowest BCUT2D eigenvalue weighted by Crippen LogP contribution is -2.26. The highest BCUT2D eigenvalue weighted by Gasteiger charge is 2.18. The van der Waals surface area contributed by atoms with Gasteiger partial charge in [0.2, 0.25) is 0 Å². The second kappa shape index (κ2) is 7.95. The summed E-state index contributed by atoms with van der Waals surface area (Å²) in [6, 6.07) is 2.56. The van der Waals surface area contributed by atoms with Gasteiger partial charge in [-0.25, -0.2) is 0 Å². The molecule has 3 nitrogen and oxygen atoms in total. The number of aryl methyl sites for hydroxylation is 1. The number of rotatable bonds is 7. The van der Waals surface area contributed by atoms with Crippen LogP contribution in [-0.2, 0) is 7.05 Å². The average Bonchev–Trinajstić information content (AvgIpc) is 2.86. The summed E-state index contributed by atoms with van der Waals surface area (Å²) in [5.74, 6) is 1.15. The highest BCUT2D eigenvalue weighted by atomic mass is 32.2. The molecule has 19 heavy (non-hydrogen) atoms. The van der Waals surface area contributed by atoms with Crippen molar-refractivity contribution >= 4 is 11.8 Å². The molecule has 1 atom stereocenters. The Morgan fingerprint density at radius 1 is 1.42 bits per heavy atom. The van der Waals surface area contributed by atoms with E-state index in [-0.39, 0.29) is 0 Å². The molecule has 0 spiro atoms. The molecule has 1 saturated carbocycles. The largest absolute Gasteiger partial charge is 0.308 e. The fourth-order valence-electron chi connectivity index (χ4n) is 2.65. The maximum Gasteiger partial charge on any atom is 0.0802 e. The lowest BCUT2D eigenvalue weighted by Gasteiger charge is -2.24. The van der Waals surface area contributed by atoms with E-state index in [0.717, 1.165) is 17.5 Å². The van der Waals surface area contributed by atoms with E-state index in [2.05, 4.69) is 35.2 Å². The summed E-state index contributed by atoms with van der Waals surface area (Å²) in [4.78, 5) is 0. The molecule has 0 amide bonds. The number of thioether (sulfide) groups is 1. The van der Waals surface area contributed by atoms with Crippen LogP contribution in [-0.4, -0.2) is 27.3 Å². The Balaban J connectivity index is 1.86. The standard InChI is InChI=1S/C15H27N3S/c1-3-10-16-15(14-9-11-18(2)17-14)12-19-13-7-5-4-6-8-13/h9,11,13,15-16H,3-8,10,12H2,1-2H3. The van der Waals surface area contributed by atoms with Crippen molar-refractivity contribution in [2.24, 2.45) is 7.05 Å². The Bertz CT molecular complexity index is 358. The smallest absolute Gasteiger partial charge is 0.0802 e. The monoisotopic (exact) mass is 281 g/mol. The minimum Gasteiger partial charge on any atom is -0.308 e. The minimum absolute atomic E-state index is 0.410. The van der Waals surface area contributed by atoms with E-state index in [1.165, 1.54) is 44.2 Å². The normalized spacial score (nSPS) is 18.6. The zero-order valence-electron chi connectivity index (χ0n) is 12.3.